The zero-order chi connectivity index (χ0) is 12.0. The zero-order valence-electron chi connectivity index (χ0n) is 9.13. The van der Waals surface area contributed by atoms with Crippen molar-refractivity contribution in [1.82, 2.24) is 5.32 Å². The van der Waals surface area contributed by atoms with E-state index >= 15 is 0 Å². The fraction of sp³-hybridized carbons (Fsp3) is 0.364. The third-order valence-corrected chi connectivity index (χ3v) is 2.21. The summed E-state index contributed by atoms with van der Waals surface area (Å²) in [7, 11) is 0. The number of nitrogens with one attached hydrogen (secondary N) is 1. The molecule has 0 saturated carbocycles. The van der Waals surface area contributed by atoms with E-state index in [-0.39, 0.29) is 5.91 Å². The molecule has 4 nitrogen and oxygen atoms in total. The summed E-state index contributed by atoms with van der Waals surface area (Å²) in [6.07, 6.45) is 0. The van der Waals surface area contributed by atoms with Gasteiger partial charge in [-0.15, -0.1) is 0 Å². The minimum Gasteiger partial charge on any atom is -0.491 e. The van der Waals surface area contributed by atoms with Gasteiger partial charge in [-0.25, -0.2) is 0 Å². The van der Waals surface area contributed by atoms with Crippen molar-refractivity contribution in [2.24, 2.45) is 5.73 Å². The van der Waals surface area contributed by atoms with Crippen LogP contribution in [0.5, 0.6) is 5.75 Å². The molecule has 1 amide bonds. The Morgan fingerprint density at radius 1 is 1.56 bits per heavy atom. The van der Waals surface area contributed by atoms with Crippen molar-refractivity contribution in [3.63, 3.8) is 0 Å². The molecule has 1 aromatic carbocycles. The number of hydrogen-bond donors (Lipinski definition) is 2. The van der Waals surface area contributed by atoms with Crippen molar-refractivity contribution in [2.75, 3.05) is 13.2 Å². The third kappa shape index (κ3) is 4.08. The van der Waals surface area contributed by atoms with Crippen LogP contribution >= 0.6 is 11.6 Å². The fourth-order valence-electron chi connectivity index (χ4n) is 1.24. The lowest BCUT2D eigenvalue weighted by Crippen LogP contribution is -2.25. The first kappa shape index (κ1) is 12.8. The molecular weight excluding hydrogens is 228 g/mol. The van der Waals surface area contributed by atoms with E-state index < -0.39 is 0 Å². The number of carbonyl (C=O) groups excluding carboxylic acids is 1. The van der Waals surface area contributed by atoms with E-state index in [0.29, 0.717) is 30.5 Å². The van der Waals surface area contributed by atoms with Crippen LogP contribution in [0.15, 0.2) is 18.2 Å². The minimum absolute atomic E-state index is 0.0706. The lowest BCUT2D eigenvalue weighted by Gasteiger charge is -2.10. The summed E-state index contributed by atoms with van der Waals surface area (Å²) in [6, 6.07) is 5.29. The van der Waals surface area contributed by atoms with Gasteiger partial charge < -0.3 is 15.8 Å². The summed E-state index contributed by atoms with van der Waals surface area (Å²) in [5, 5.41) is 3.28. The predicted molar refractivity (Wildman–Crippen MR) is 63.5 cm³/mol. The molecular formula is C11H15ClN2O2. The highest BCUT2D eigenvalue weighted by molar-refractivity contribution is 6.30. The van der Waals surface area contributed by atoms with Crippen LogP contribution in [0.25, 0.3) is 0 Å². The first-order chi connectivity index (χ1) is 7.63. The standard InChI is InChI=1S/C11H15ClN2O2/c1-8(15)14-4-5-16-11-3-2-10(12)6-9(11)7-13/h2-3,6H,4-5,7,13H2,1H3,(H,14,15). The number of rotatable bonds is 5. The Balaban J connectivity index is 2.50. The van der Waals surface area contributed by atoms with E-state index in [9.17, 15) is 4.79 Å². The van der Waals surface area contributed by atoms with Gasteiger partial charge in [0.1, 0.15) is 12.4 Å². The molecule has 0 aliphatic rings. The molecule has 16 heavy (non-hydrogen) atoms. The van der Waals surface area contributed by atoms with Crippen LogP contribution < -0.4 is 15.8 Å². The maximum atomic E-state index is 10.6. The lowest BCUT2D eigenvalue weighted by atomic mass is 10.2. The second-order valence-electron chi connectivity index (χ2n) is 3.29. The van der Waals surface area contributed by atoms with Crippen molar-refractivity contribution in [3.05, 3.63) is 28.8 Å². The normalized spacial score (nSPS) is 9.94. The molecule has 1 rings (SSSR count). The Morgan fingerprint density at radius 2 is 2.31 bits per heavy atom. The number of hydrogen-bond acceptors (Lipinski definition) is 3. The summed E-state index contributed by atoms with van der Waals surface area (Å²) in [4.78, 5) is 10.6. The van der Waals surface area contributed by atoms with E-state index in [0.717, 1.165) is 5.56 Å². The molecule has 0 radical (unpaired) electrons. The number of nitrogens with two attached hydrogens (primary N) is 1. The molecule has 0 fully saturated rings. The highest BCUT2D eigenvalue weighted by atomic mass is 35.5. The molecule has 0 bridgehead atoms. The smallest absolute Gasteiger partial charge is 0.216 e. The van der Waals surface area contributed by atoms with Crippen LogP contribution in [-0.4, -0.2) is 19.1 Å². The van der Waals surface area contributed by atoms with Crippen LogP contribution in [-0.2, 0) is 11.3 Å². The molecule has 0 atom stereocenters. The first-order valence-electron chi connectivity index (χ1n) is 4.99. The number of halogens is 1. The van der Waals surface area contributed by atoms with E-state index in [4.69, 9.17) is 22.1 Å². The maximum Gasteiger partial charge on any atom is 0.216 e. The van der Waals surface area contributed by atoms with E-state index in [2.05, 4.69) is 5.32 Å². The Bertz CT molecular complexity index is 369. The Kier molecular flexibility index (Phi) is 5.08. The van der Waals surface area contributed by atoms with Gasteiger partial charge in [0.15, 0.2) is 0 Å². The van der Waals surface area contributed by atoms with Crippen molar-refractivity contribution < 1.29 is 9.53 Å². The molecule has 88 valence electrons. The van der Waals surface area contributed by atoms with Gasteiger partial charge in [0.25, 0.3) is 0 Å². The van der Waals surface area contributed by atoms with Gasteiger partial charge in [-0.2, -0.15) is 0 Å². The van der Waals surface area contributed by atoms with Gasteiger partial charge >= 0.3 is 0 Å². The first-order valence-corrected chi connectivity index (χ1v) is 5.37. The molecule has 0 aliphatic carbocycles. The van der Waals surface area contributed by atoms with Crippen LogP contribution in [0.3, 0.4) is 0 Å². The molecule has 0 heterocycles. The van der Waals surface area contributed by atoms with E-state index in [1.807, 2.05) is 0 Å². The maximum absolute atomic E-state index is 10.6. The van der Waals surface area contributed by atoms with Crippen molar-refractivity contribution >= 4 is 17.5 Å². The van der Waals surface area contributed by atoms with Crippen molar-refractivity contribution in [2.45, 2.75) is 13.5 Å². The van der Waals surface area contributed by atoms with Gasteiger partial charge in [-0.3, -0.25) is 4.79 Å². The van der Waals surface area contributed by atoms with Crippen LogP contribution in [0, 0.1) is 0 Å². The monoisotopic (exact) mass is 242 g/mol. The Morgan fingerprint density at radius 3 is 2.94 bits per heavy atom. The minimum atomic E-state index is -0.0706. The summed E-state index contributed by atoms with van der Waals surface area (Å²) >= 11 is 5.83. The Labute approximate surface area is 99.7 Å². The number of amides is 1. The van der Waals surface area contributed by atoms with Gasteiger partial charge in [0.2, 0.25) is 5.91 Å². The molecule has 0 saturated heterocycles. The van der Waals surface area contributed by atoms with Crippen molar-refractivity contribution in [3.8, 4) is 5.75 Å². The van der Waals surface area contributed by atoms with Crippen LogP contribution in [0.2, 0.25) is 5.02 Å². The summed E-state index contributed by atoms with van der Waals surface area (Å²) < 4.78 is 5.48. The molecule has 0 spiro atoms. The number of carbonyl (C=O) groups is 1. The molecule has 1 aromatic rings. The second kappa shape index (κ2) is 6.35. The average molecular weight is 243 g/mol. The summed E-state index contributed by atoms with van der Waals surface area (Å²) in [6.45, 7) is 2.72. The topological polar surface area (TPSA) is 64.3 Å². The highest BCUT2D eigenvalue weighted by Gasteiger charge is 2.02. The lowest BCUT2D eigenvalue weighted by molar-refractivity contribution is -0.119. The molecule has 0 aliphatic heterocycles. The van der Waals surface area contributed by atoms with Gasteiger partial charge in [0, 0.05) is 24.1 Å². The SMILES string of the molecule is CC(=O)NCCOc1ccc(Cl)cc1CN. The van der Waals surface area contributed by atoms with Crippen molar-refractivity contribution in [1.29, 1.82) is 0 Å². The summed E-state index contributed by atoms with van der Waals surface area (Å²) in [5.41, 5.74) is 6.42. The predicted octanol–water partition coefficient (Wildman–Crippen LogP) is 1.31. The Hall–Kier alpha value is -1.26. The van der Waals surface area contributed by atoms with Crippen LogP contribution in [0.1, 0.15) is 12.5 Å². The number of benzene rings is 1. The van der Waals surface area contributed by atoms with E-state index in [1.54, 1.807) is 18.2 Å². The molecule has 3 N–H and O–H groups in total. The van der Waals surface area contributed by atoms with Gasteiger partial charge in [-0.1, -0.05) is 11.6 Å². The third-order valence-electron chi connectivity index (χ3n) is 1.98. The van der Waals surface area contributed by atoms with Crippen LogP contribution in [0.4, 0.5) is 0 Å². The molecule has 0 unspecified atom stereocenters. The zero-order valence-corrected chi connectivity index (χ0v) is 9.88. The molecule has 0 aromatic heterocycles. The average Bonchev–Trinajstić information content (AvgIpc) is 2.25. The molecule has 5 heteroatoms. The largest absolute Gasteiger partial charge is 0.491 e. The van der Waals surface area contributed by atoms with E-state index in [1.165, 1.54) is 6.92 Å². The number of ether oxygens (including phenoxy) is 1. The quantitative estimate of drug-likeness (QED) is 0.766. The summed E-state index contributed by atoms with van der Waals surface area (Å²) in [5.74, 6) is 0.635. The van der Waals surface area contributed by atoms with Gasteiger partial charge in [0.05, 0.1) is 6.54 Å². The highest BCUT2D eigenvalue weighted by Crippen LogP contribution is 2.22. The fourth-order valence-corrected chi connectivity index (χ4v) is 1.43. The second-order valence-corrected chi connectivity index (χ2v) is 3.72. The van der Waals surface area contributed by atoms with Gasteiger partial charge in [-0.05, 0) is 18.2 Å².